The number of nitrogens with one attached hydrogen (secondary N) is 1. The Kier molecular flexibility index (Phi) is 6.16. The maximum Gasteiger partial charge on any atom is 0.246 e. The number of hydrogen-bond acceptors (Lipinski definition) is 5. The van der Waals surface area contributed by atoms with Crippen LogP contribution in [0.2, 0.25) is 0 Å². The van der Waals surface area contributed by atoms with Crippen LogP contribution in [0.3, 0.4) is 0 Å². The van der Waals surface area contributed by atoms with Crippen molar-refractivity contribution in [1.82, 2.24) is 25.5 Å². The molecule has 0 radical (unpaired) electrons. The van der Waals surface area contributed by atoms with Crippen LogP contribution in [0, 0.1) is 0 Å². The first-order valence-corrected chi connectivity index (χ1v) is 9.43. The minimum Gasteiger partial charge on any atom is -0.352 e. The molecule has 0 fully saturated rings. The minimum absolute atomic E-state index is 0.203. The normalized spacial score (nSPS) is 13.3. The van der Waals surface area contributed by atoms with E-state index in [0.717, 1.165) is 11.1 Å². The van der Waals surface area contributed by atoms with Crippen LogP contribution in [0.1, 0.15) is 49.9 Å². The lowest BCUT2D eigenvalue weighted by atomic mass is 9.99. The van der Waals surface area contributed by atoms with Gasteiger partial charge in [-0.05, 0) is 29.2 Å². The second-order valence-electron chi connectivity index (χ2n) is 7.15. The maximum absolute atomic E-state index is 12.5. The van der Waals surface area contributed by atoms with Crippen molar-refractivity contribution < 1.29 is 4.79 Å². The molecule has 28 heavy (non-hydrogen) atoms. The fraction of sp³-hybridized carbons (Fsp3) is 0.333. The number of nitrogens with two attached hydrogens (primary N) is 1. The van der Waals surface area contributed by atoms with Crippen LogP contribution in [0.15, 0.2) is 54.6 Å². The van der Waals surface area contributed by atoms with Crippen LogP contribution in [-0.2, 0) is 4.79 Å². The highest BCUT2D eigenvalue weighted by Gasteiger charge is 2.19. The molecule has 0 aliphatic rings. The summed E-state index contributed by atoms with van der Waals surface area (Å²) in [6.45, 7) is 6.37. The zero-order valence-electron chi connectivity index (χ0n) is 16.4. The maximum atomic E-state index is 12.5. The van der Waals surface area contributed by atoms with Gasteiger partial charge in [0.1, 0.15) is 6.04 Å². The molecule has 2 unspecified atom stereocenters. The number of hydrogen-bond donors (Lipinski definition) is 2. The molecule has 3 rings (SSSR count). The van der Waals surface area contributed by atoms with Crippen LogP contribution >= 0.6 is 0 Å². The third kappa shape index (κ3) is 4.61. The number of carbonyl (C=O) groups excluding carboxylic acids is 1. The quantitative estimate of drug-likeness (QED) is 0.659. The largest absolute Gasteiger partial charge is 0.352 e. The van der Waals surface area contributed by atoms with Gasteiger partial charge in [0.15, 0.2) is 0 Å². The Bertz CT molecular complexity index is 904. The van der Waals surface area contributed by atoms with E-state index < -0.39 is 6.04 Å². The van der Waals surface area contributed by atoms with Gasteiger partial charge in [-0.25, -0.2) is 0 Å². The molecule has 0 aliphatic heterocycles. The molecule has 146 valence electrons. The molecule has 0 spiro atoms. The Hall–Kier alpha value is -3.06. The van der Waals surface area contributed by atoms with E-state index in [9.17, 15) is 4.79 Å². The van der Waals surface area contributed by atoms with Crippen molar-refractivity contribution in [1.29, 1.82) is 0 Å². The molecule has 0 saturated carbocycles. The number of aromatic nitrogens is 4. The summed E-state index contributed by atoms with van der Waals surface area (Å²) in [6, 6.07) is 16.9. The first-order chi connectivity index (χ1) is 13.5. The summed E-state index contributed by atoms with van der Waals surface area (Å²) in [5, 5.41) is 15.2. The molecular weight excluding hydrogens is 352 g/mol. The molecular formula is C21H26N6O. The predicted molar refractivity (Wildman–Crippen MR) is 108 cm³/mol. The molecule has 0 saturated heterocycles. The minimum atomic E-state index is -0.583. The van der Waals surface area contributed by atoms with Gasteiger partial charge in [-0.3, -0.25) is 4.79 Å². The zero-order chi connectivity index (χ0) is 20.1. The number of benzene rings is 2. The van der Waals surface area contributed by atoms with E-state index in [-0.39, 0.29) is 11.9 Å². The van der Waals surface area contributed by atoms with E-state index in [1.807, 2.05) is 42.5 Å². The smallest absolute Gasteiger partial charge is 0.246 e. The van der Waals surface area contributed by atoms with Crippen molar-refractivity contribution in [3.63, 3.8) is 0 Å². The van der Waals surface area contributed by atoms with Crippen LogP contribution in [0.4, 0.5) is 0 Å². The Labute approximate surface area is 164 Å². The van der Waals surface area contributed by atoms with Gasteiger partial charge in [0.05, 0.1) is 0 Å². The van der Waals surface area contributed by atoms with Crippen molar-refractivity contribution in [2.45, 2.75) is 38.8 Å². The molecule has 1 aromatic heterocycles. The third-order valence-corrected chi connectivity index (χ3v) is 4.71. The lowest BCUT2D eigenvalue weighted by Crippen LogP contribution is -2.36. The topological polar surface area (TPSA) is 98.7 Å². The molecule has 3 aromatic rings. The molecule has 2 aromatic carbocycles. The number of amides is 1. The molecule has 2 atom stereocenters. The van der Waals surface area contributed by atoms with Gasteiger partial charge in [0.2, 0.25) is 11.7 Å². The number of carbonyl (C=O) groups is 1. The average molecular weight is 378 g/mol. The van der Waals surface area contributed by atoms with E-state index in [1.54, 1.807) is 6.92 Å². The standard InChI is InChI=1S/C21H26N6O/c1-14(2)16-9-11-17(12-10-16)19(22)13-23-21(28)15(3)27-25-20(24-26-27)18-7-5-4-6-8-18/h4-12,14-15,19H,13,22H2,1-3H3,(H,23,28). The van der Waals surface area contributed by atoms with E-state index in [2.05, 4.69) is 46.7 Å². The van der Waals surface area contributed by atoms with Gasteiger partial charge in [-0.15, -0.1) is 10.2 Å². The molecule has 1 heterocycles. The second kappa shape index (κ2) is 8.75. The summed E-state index contributed by atoms with van der Waals surface area (Å²) >= 11 is 0. The lowest BCUT2D eigenvalue weighted by Gasteiger charge is -2.16. The Morgan fingerprint density at radius 3 is 2.32 bits per heavy atom. The molecule has 7 heteroatoms. The summed E-state index contributed by atoms with van der Waals surface area (Å²) in [6.07, 6.45) is 0. The van der Waals surface area contributed by atoms with Crippen LogP contribution in [0.25, 0.3) is 11.4 Å². The van der Waals surface area contributed by atoms with Crippen molar-refractivity contribution in [3.8, 4) is 11.4 Å². The summed E-state index contributed by atoms with van der Waals surface area (Å²) in [4.78, 5) is 13.8. The highest BCUT2D eigenvalue weighted by Crippen LogP contribution is 2.18. The molecule has 1 amide bonds. The fourth-order valence-electron chi connectivity index (χ4n) is 2.80. The number of tetrazole rings is 1. The molecule has 0 bridgehead atoms. The highest BCUT2D eigenvalue weighted by molar-refractivity contribution is 5.79. The molecule has 3 N–H and O–H groups in total. The summed E-state index contributed by atoms with van der Waals surface area (Å²) in [5.41, 5.74) is 9.33. The first-order valence-electron chi connectivity index (χ1n) is 9.43. The highest BCUT2D eigenvalue weighted by atomic mass is 16.2. The van der Waals surface area contributed by atoms with E-state index in [0.29, 0.717) is 18.3 Å². The summed E-state index contributed by atoms with van der Waals surface area (Å²) in [7, 11) is 0. The van der Waals surface area contributed by atoms with Crippen molar-refractivity contribution >= 4 is 5.91 Å². The van der Waals surface area contributed by atoms with Crippen molar-refractivity contribution in [2.75, 3.05) is 6.54 Å². The predicted octanol–water partition coefficient (Wildman–Crippen LogP) is 2.84. The SMILES string of the molecule is CC(C)c1ccc(C(N)CNC(=O)C(C)n2nnc(-c3ccccc3)n2)cc1. The first kappa shape index (κ1) is 19.7. The Morgan fingerprint density at radius 1 is 1.04 bits per heavy atom. The van der Waals surface area contributed by atoms with Crippen LogP contribution in [-0.4, -0.2) is 32.7 Å². The van der Waals surface area contributed by atoms with Gasteiger partial charge in [0.25, 0.3) is 0 Å². The van der Waals surface area contributed by atoms with E-state index in [4.69, 9.17) is 5.73 Å². The van der Waals surface area contributed by atoms with Gasteiger partial charge < -0.3 is 11.1 Å². The van der Waals surface area contributed by atoms with Crippen LogP contribution < -0.4 is 11.1 Å². The van der Waals surface area contributed by atoms with Crippen molar-refractivity contribution in [3.05, 3.63) is 65.7 Å². The second-order valence-corrected chi connectivity index (χ2v) is 7.15. The van der Waals surface area contributed by atoms with E-state index in [1.165, 1.54) is 10.4 Å². The zero-order valence-corrected chi connectivity index (χ0v) is 16.4. The summed E-state index contributed by atoms with van der Waals surface area (Å²) in [5.74, 6) is 0.759. The summed E-state index contributed by atoms with van der Waals surface area (Å²) < 4.78 is 0. The fourth-order valence-corrected chi connectivity index (χ4v) is 2.80. The van der Waals surface area contributed by atoms with Gasteiger partial charge >= 0.3 is 0 Å². The monoisotopic (exact) mass is 378 g/mol. The third-order valence-electron chi connectivity index (χ3n) is 4.71. The van der Waals surface area contributed by atoms with Gasteiger partial charge in [0, 0.05) is 18.2 Å². The number of rotatable bonds is 7. The average Bonchev–Trinajstić information content (AvgIpc) is 3.22. The van der Waals surface area contributed by atoms with Crippen LogP contribution in [0.5, 0.6) is 0 Å². The lowest BCUT2D eigenvalue weighted by molar-refractivity contribution is -0.124. The Morgan fingerprint density at radius 2 is 1.68 bits per heavy atom. The van der Waals surface area contributed by atoms with E-state index >= 15 is 0 Å². The Balaban J connectivity index is 1.58. The molecule has 0 aliphatic carbocycles. The van der Waals surface area contributed by atoms with Crippen molar-refractivity contribution in [2.24, 2.45) is 5.73 Å². The number of nitrogens with zero attached hydrogens (tertiary/aromatic N) is 4. The van der Waals surface area contributed by atoms with Gasteiger partial charge in [-0.1, -0.05) is 68.4 Å². The molecule has 7 nitrogen and oxygen atoms in total. The van der Waals surface area contributed by atoms with Gasteiger partial charge in [-0.2, -0.15) is 4.80 Å².